The van der Waals surface area contributed by atoms with E-state index in [0.717, 1.165) is 38.4 Å². The minimum atomic E-state index is -0.418. The smallest absolute Gasteiger partial charge is 0.238 e. The number of carbonyl (C=O) groups excluding carboxylic acids is 1. The highest BCUT2D eigenvalue weighted by Gasteiger charge is 2.28. The van der Waals surface area contributed by atoms with E-state index in [0.29, 0.717) is 17.1 Å². The van der Waals surface area contributed by atoms with E-state index in [2.05, 4.69) is 31.5 Å². The Bertz CT molecular complexity index is 555. The SMILES string of the molecule is O=C(CN1CCC(C2CCCN2)CC1)Nc1ccc(Br)cc1F. The highest BCUT2D eigenvalue weighted by molar-refractivity contribution is 9.10. The number of nitrogens with zero attached hydrogens (tertiary/aromatic N) is 1. The van der Waals surface area contributed by atoms with Crippen LogP contribution in [0.4, 0.5) is 10.1 Å². The van der Waals surface area contributed by atoms with Gasteiger partial charge in [-0.15, -0.1) is 0 Å². The first kappa shape index (κ1) is 16.9. The second-order valence-corrected chi connectivity index (χ2v) is 7.40. The van der Waals surface area contributed by atoms with E-state index in [1.807, 2.05) is 0 Å². The molecular formula is C17H23BrFN3O. The number of amides is 1. The number of carbonyl (C=O) groups is 1. The fraction of sp³-hybridized carbons (Fsp3) is 0.588. The number of anilines is 1. The molecule has 0 saturated carbocycles. The van der Waals surface area contributed by atoms with Crippen LogP contribution in [0.3, 0.4) is 0 Å². The van der Waals surface area contributed by atoms with Crippen molar-refractivity contribution in [3.8, 4) is 0 Å². The minimum absolute atomic E-state index is 0.149. The molecule has 1 aromatic carbocycles. The lowest BCUT2D eigenvalue weighted by molar-refractivity contribution is -0.117. The second-order valence-electron chi connectivity index (χ2n) is 6.49. The molecule has 3 rings (SSSR count). The van der Waals surface area contributed by atoms with Crippen LogP contribution in [0.5, 0.6) is 0 Å². The van der Waals surface area contributed by atoms with Gasteiger partial charge in [0.15, 0.2) is 0 Å². The number of halogens is 2. The van der Waals surface area contributed by atoms with Crippen LogP contribution in [-0.2, 0) is 4.79 Å². The predicted molar refractivity (Wildman–Crippen MR) is 92.9 cm³/mol. The largest absolute Gasteiger partial charge is 0.322 e. The highest BCUT2D eigenvalue weighted by Crippen LogP contribution is 2.25. The first-order valence-electron chi connectivity index (χ1n) is 8.32. The van der Waals surface area contributed by atoms with Gasteiger partial charge in [-0.3, -0.25) is 9.69 Å². The fourth-order valence-corrected chi connectivity index (χ4v) is 3.94. The Balaban J connectivity index is 1.45. The third-order valence-electron chi connectivity index (χ3n) is 4.87. The van der Waals surface area contributed by atoms with E-state index in [1.54, 1.807) is 12.1 Å². The average Bonchev–Trinajstić information content (AvgIpc) is 3.05. The molecular weight excluding hydrogens is 361 g/mol. The second kappa shape index (κ2) is 7.73. The van der Waals surface area contributed by atoms with E-state index in [-0.39, 0.29) is 11.6 Å². The van der Waals surface area contributed by atoms with E-state index >= 15 is 0 Å². The van der Waals surface area contributed by atoms with E-state index in [1.165, 1.54) is 18.9 Å². The molecule has 2 saturated heterocycles. The van der Waals surface area contributed by atoms with Gasteiger partial charge in [-0.05, 0) is 69.4 Å². The molecule has 2 aliphatic rings. The highest BCUT2D eigenvalue weighted by atomic mass is 79.9. The molecule has 0 bridgehead atoms. The zero-order valence-electron chi connectivity index (χ0n) is 13.2. The summed E-state index contributed by atoms with van der Waals surface area (Å²) in [5, 5.41) is 6.24. The van der Waals surface area contributed by atoms with Crippen LogP contribution in [0.1, 0.15) is 25.7 Å². The third-order valence-corrected chi connectivity index (χ3v) is 5.37. The number of likely N-dealkylation sites (tertiary alicyclic amines) is 1. The van der Waals surface area contributed by atoms with Crippen LogP contribution >= 0.6 is 15.9 Å². The average molecular weight is 384 g/mol. The normalized spacial score (nSPS) is 23.1. The van der Waals surface area contributed by atoms with Gasteiger partial charge in [0.2, 0.25) is 5.91 Å². The fourth-order valence-electron chi connectivity index (χ4n) is 3.61. The molecule has 0 spiro atoms. The molecule has 0 aliphatic carbocycles. The number of nitrogens with one attached hydrogen (secondary N) is 2. The lowest BCUT2D eigenvalue weighted by atomic mass is 9.88. The summed E-state index contributed by atoms with van der Waals surface area (Å²) < 4.78 is 14.4. The Labute approximate surface area is 144 Å². The maximum absolute atomic E-state index is 13.7. The number of hydrogen-bond donors (Lipinski definition) is 2. The lowest BCUT2D eigenvalue weighted by Gasteiger charge is -2.34. The van der Waals surface area contributed by atoms with Crippen molar-refractivity contribution in [3.05, 3.63) is 28.5 Å². The Morgan fingerprint density at radius 2 is 2.13 bits per heavy atom. The van der Waals surface area contributed by atoms with Gasteiger partial charge < -0.3 is 10.6 Å². The standard InChI is InChI=1S/C17H23BrFN3O/c18-13-3-4-16(14(19)10-13)21-17(23)11-22-8-5-12(6-9-22)15-2-1-7-20-15/h3-4,10,12,15,20H,1-2,5-9,11H2,(H,21,23). The molecule has 2 heterocycles. The molecule has 126 valence electrons. The molecule has 6 heteroatoms. The zero-order valence-corrected chi connectivity index (χ0v) is 14.7. The molecule has 0 aromatic heterocycles. The quantitative estimate of drug-likeness (QED) is 0.839. The van der Waals surface area contributed by atoms with Crippen LogP contribution in [0, 0.1) is 11.7 Å². The van der Waals surface area contributed by atoms with Crippen molar-refractivity contribution < 1.29 is 9.18 Å². The molecule has 2 fully saturated rings. The molecule has 1 unspecified atom stereocenters. The summed E-state index contributed by atoms with van der Waals surface area (Å²) in [7, 11) is 0. The molecule has 23 heavy (non-hydrogen) atoms. The van der Waals surface area contributed by atoms with Gasteiger partial charge in [0.05, 0.1) is 12.2 Å². The van der Waals surface area contributed by atoms with Crippen LogP contribution in [0.15, 0.2) is 22.7 Å². The monoisotopic (exact) mass is 383 g/mol. The zero-order chi connectivity index (χ0) is 16.2. The third kappa shape index (κ3) is 4.52. The van der Waals surface area contributed by atoms with Crippen molar-refractivity contribution in [1.82, 2.24) is 10.2 Å². The topological polar surface area (TPSA) is 44.4 Å². The Hall–Kier alpha value is -0.980. The van der Waals surface area contributed by atoms with E-state index in [9.17, 15) is 9.18 Å². The van der Waals surface area contributed by atoms with Crippen molar-refractivity contribution in [2.45, 2.75) is 31.7 Å². The summed E-state index contributed by atoms with van der Waals surface area (Å²) >= 11 is 3.21. The van der Waals surface area contributed by atoms with Crippen LogP contribution in [0.2, 0.25) is 0 Å². The summed E-state index contributed by atoms with van der Waals surface area (Å²) in [5.74, 6) is 0.170. The van der Waals surface area contributed by atoms with Crippen molar-refractivity contribution >= 4 is 27.5 Å². The molecule has 2 N–H and O–H groups in total. The van der Waals surface area contributed by atoms with E-state index in [4.69, 9.17) is 0 Å². The Morgan fingerprint density at radius 1 is 1.35 bits per heavy atom. The molecule has 2 aliphatic heterocycles. The Morgan fingerprint density at radius 3 is 2.78 bits per heavy atom. The van der Waals surface area contributed by atoms with Crippen molar-refractivity contribution in [1.29, 1.82) is 0 Å². The number of hydrogen-bond acceptors (Lipinski definition) is 3. The lowest BCUT2D eigenvalue weighted by Crippen LogP contribution is -2.43. The minimum Gasteiger partial charge on any atom is -0.322 e. The van der Waals surface area contributed by atoms with Crippen LogP contribution in [0.25, 0.3) is 0 Å². The summed E-state index contributed by atoms with van der Waals surface area (Å²) in [6.07, 6.45) is 4.84. The van der Waals surface area contributed by atoms with Gasteiger partial charge in [0, 0.05) is 10.5 Å². The Kier molecular flexibility index (Phi) is 5.67. The van der Waals surface area contributed by atoms with Gasteiger partial charge in [-0.2, -0.15) is 0 Å². The van der Waals surface area contributed by atoms with Gasteiger partial charge >= 0.3 is 0 Å². The molecule has 1 aromatic rings. The summed E-state index contributed by atoms with van der Waals surface area (Å²) in [6, 6.07) is 5.33. The van der Waals surface area contributed by atoms with Gasteiger partial charge in [0.25, 0.3) is 0 Å². The van der Waals surface area contributed by atoms with Crippen molar-refractivity contribution in [2.24, 2.45) is 5.92 Å². The van der Waals surface area contributed by atoms with E-state index < -0.39 is 5.82 Å². The molecule has 1 amide bonds. The van der Waals surface area contributed by atoms with Gasteiger partial charge in [-0.1, -0.05) is 15.9 Å². The van der Waals surface area contributed by atoms with Gasteiger partial charge in [-0.25, -0.2) is 4.39 Å². The number of piperidine rings is 1. The summed E-state index contributed by atoms with van der Waals surface area (Å²) in [4.78, 5) is 14.3. The van der Waals surface area contributed by atoms with Crippen LogP contribution < -0.4 is 10.6 Å². The molecule has 0 radical (unpaired) electrons. The predicted octanol–water partition coefficient (Wildman–Crippen LogP) is 2.99. The van der Waals surface area contributed by atoms with Gasteiger partial charge in [0.1, 0.15) is 5.82 Å². The first-order chi connectivity index (χ1) is 11.1. The maximum Gasteiger partial charge on any atom is 0.238 e. The summed E-state index contributed by atoms with van der Waals surface area (Å²) in [6.45, 7) is 3.37. The van der Waals surface area contributed by atoms with Crippen molar-refractivity contribution in [3.63, 3.8) is 0 Å². The number of benzene rings is 1. The first-order valence-corrected chi connectivity index (χ1v) is 9.12. The molecule has 1 atom stereocenters. The summed E-state index contributed by atoms with van der Waals surface area (Å²) in [5.41, 5.74) is 0.239. The van der Waals surface area contributed by atoms with Crippen molar-refractivity contribution in [2.75, 3.05) is 31.5 Å². The number of rotatable bonds is 4. The molecule has 4 nitrogen and oxygen atoms in total. The van der Waals surface area contributed by atoms with Crippen LogP contribution in [-0.4, -0.2) is 43.0 Å². The maximum atomic E-state index is 13.7.